The van der Waals surface area contributed by atoms with E-state index in [0.717, 1.165) is 77.1 Å². The first-order valence-corrected chi connectivity index (χ1v) is 13.4. The van der Waals surface area contributed by atoms with Crippen molar-refractivity contribution in [2.75, 3.05) is 39.1 Å². The Hall–Kier alpha value is -3.24. The van der Waals surface area contributed by atoms with Gasteiger partial charge in [-0.15, -0.1) is 11.3 Å². The largest absolute Gasteiger partial charge is 0.492 e. The van der Waals surface area contributed by atoms with Crippen LogP contribution in [0.1, 0.15) is 30.2 Å². The van der Waals surface area contributed by atoms with Crippen molar-refractivity contribution in [3.8, 4) is 5.75 Å². The highest BCUT2D eigenvalue weighted by Gasteiger charge is 2.35. The zero-order chi connectivity index (χ0) is 24.8. The number of likely N-dealkylation sites (tertiary alicyclic amines) is 1. The lowest BCUT2D eigenvalue weighted by molar-refractivity contribution is -0.134. The van der Waals surface area contributed by atoms with Crippen LogP contribution in [-0.2, 0) is 17.6 Å². The number of anilines is 2. The number of aryl methyl sites for hydroxylation is 1. The Morgan fingerprint density at radius 3 is 3.00 bits per heavy atom. The number of nitrogens with zero attached hydrogens (tertiary/aromatic N) is 5. The van der Waals surface area contributed by atoms with Crippen molar-refractivity contribution < 1.29 is 9.53 Å². The van der Waals surface area contributed by atoms with Gasteiger partial charge in [0.15, 0.2) is 0 Å². The molecule has 1 aliphatic heterocycles. The molecule has 0 saturated carbocycles. The van der Waals surface area contributed by atoms with Crippen molar-refractivity contribution in [3.05, 3.63) is 35.1 Å². The van der Waals surface area contributed by atoms with Crippen molar-refractivity contribution in [2.24, 2.45) is 5.92 Å². The molecule has 0 spiro atoms. The molecule has 1 amide bonds. The average Bonchev–Trinajstić information content (AvgIpc) is 3.61. The van der Waals surface area contributed by atoms with Gasteiger partial charge in [0.2, 0.25) is 5.91 Å². The van der Waals surface area contributed by atoms with E-state index in [9.17, 15) is 4.79 Å². The number of rotatable bonds is 6. The van der Waals surface area contributed by atoms with E-state index >= 15 is 0 Å². The number of fused-ring (bicyclic) bond motifs is 4. The van der Waals surface area contributed by atoms with E-state index in [1.54, 1.807) is 23.9 Å². The highest BCUT2D eigenvalue weighted by atomic mass is 32.1. The molecular formula is C26H31N7O2S. The van der Waals surface area contributed by atoms with Crippen LogP contribution in [0.25, 0.3) is 21.1 Å². The molecule has 0 radical (unpaired) electrons. The molecule has 1 aromatic carbocycles. The summed E-state index contributed by atoms with van der Waals surface area (Å²) in [6.45, 7) is 4.23. The molecule has 4 heterocycles. The fraction of sp³-hybridized carbons (Fsp3) is 0.462. The quantitative estimate of drug-likeness (QED) is 0.409. The summed E-state index contributed by atoms with van der Waals surface area (Å²) in [6, 6.07) is 4.46. The fourth-order valence-electron chi connectivity index (χ4n) is 5.51. The maximum absolute atomic E-state index is 13.3. The highest BCUT2D eigenvalue weighted by molar-refractivity contribution is 7.19. The Labute approximate surface area is 213 Å². The third-order valence-corrected chi connectivity index (χ3v) is 8.66. The Morgan fingerprint density at radius 2 is 2.19 bits per heavy atom. The van der Waals surface area contributed by atoms with Crippen LogP contribution in [0.3, 0.4) is 0 Å². The van der Waals surface area contributed by atoms with Crippen molar-refractivity contribution in [3.63, 3.8) is 0 Å². The minimum absolute atomic E-state index is 0.0453. The summed E-state index contributed by atoms with van der Waals surface area (Å²) in [6.07, 6.45) is 6.97. The second kappa shape index (κ2) is 9.33. The number of H-pyrrole nitrogens is 1. The highest BCUT2D eigenvalue weighted by Crippen LogP contribution is 2.42. The number of hydrogen-bond acceptors (Lipinski definition) is 8. The molecule has 2 N–H and O–H groups in total. The van der Waals surface area contributed by atoms with E-state index in [1.165, 1.54) is 10.4 Å². The van der Waals surface area contributed by atoms with E-state index in [-0.39, 0.29) is 5.92 Å². The predicted octanol–water partition coefficient (Wildman–Crippen LogP) is 3.98. The third kappa shape index (κ3) is 4.08. The monoisotopic (exact) mass is 505 g/mol. The van der Waals surface area contributed by atoms with Gasteiger partial charge in [-0.05, 0) is 58.3 Å². The molecule has 188 valence electrons. The van der Waals surface area contributed by atoms with Gasteiger partial charge in [0.1, 0.15) is 22.7 Å². The summed E-state index contributed by atoms with van der Waals surface area (Å²) in [5, 5.41) is 12.7. The number of ether oxygens (including phenoxy) is 1. The molecule has 1 fully saturated rings. The van der Waals surface area contributed by atoms with Gasteiger partial charge in [-0.25, -0.2) is 9.97 Å². The fourth-order valence-corrected chi connectivity index (χ4v) is 6.78. The number of carbonyl (C=O) groups is 1. The summed E-state index contributed by atoms with van der Waals surface area (Å²) < 4.78 is 5.91. The summed E-state index contributed by atoms with van der Waals surface area (Å²) >= 11 is 1.70. The number of aromatic amines is 1. The van der Waals surface area contributed by atoms with Gasteiger partial charge in [-0.1, -0.05) is 0 Å². The number of thiophene rings is 1. The zero-order valence-corrected chi connectivity index (χ0v) is 21.7. The maximum Gasteiger partial charge on any atom is 0.226 e. The number of nitrogens with one attached hydrogen (secondary N) is 2. The van der Waals surface area contributed by atoms with E-state index in [2.05, 4.69) is 49.4 Å². The number of benzene rings is 1. The first kappa shape index (κ1) is 23.2. The minimum Gasteiger partial charge on any atom is -0.492 e. The normalized spacial score (nSPS) is 19.8. The zero-order valence-electron chi connectivity index (χ0n) is 20.9. The van der Waals surface area contributed by atoms with Gasteiger partial charge >= 0.3 is 0 Å². The Bertz CT molecular complexity index is 1430. The molecule has 0 bridgehead atoms. The van der Waals surface area contributed by atoms with Crippen molar-refractivity contribution in [1.82, 2.24) is 30.0 Å². The lowest BCUT2D eigenvalue weighted by Gasteiger charge is -2.27. The second-order valence-corrected chi connectivity index (χ2v) is 11.0. The van der Waals surface area contributed by atoms with E-state index < -0.39 is 0 Å². The smallest absolute Gasteiger partial charge is 0.226 e. The molecule has 6 rings (SSSR count). The molecule has 1 aliphatic carbocycles. The van der Waals surface area contributed by atoms with Crippen LogP contribution >= 0.6 is 11.3 Å². The molecule has 2 unspecified atom stereocenters. The Morgan fingerprint density at radius 1 is 1.31 bits per heavy atom. The van der Waals surface area contributed by atoms with Crippen LogP contribution < -0.4 is 10.1 Å². The molecule has 2 aliphatic rings. The number of amides is 1. The predicted molar refractivity (Wildman–Crippen MR) is 142 cm³/mol. The van der Waals surface area contributed by atoms with Gasteiger partial charge in [0.05, 0.1) is 29.4 Å². The van der Waals surface area contributed by atoms with Crippen LogP contribution in [0.5, 0.6) is 5.75 Å². The molecular weight excluding hydrogens is 474 g/mol. The lowest BCUT2D eigenvalue weighted by Crippen LogP contribution is -2.39. The van der Waals surface area contributed by atoms with Crippen molar-refractivity contribution >= 4 is 49.9 Å². The first-order valence-electron chi connectivity index (χ1n) is 12.6. The van der Waals surface area contributed by atoms with E-state index in [1.807, 2.05) is 19.1 Å². The molecule has 36 heavy (non-hydrogen) atoms. The Balaban J connectivity index is 1.28. The minimum atomic E-state index is 0.0453. The summed E-state index contributed by atoms with van der Waals surface area (Å²) in [4.78, 5) is 29.1. The van der Waals surface area contributed by atoms with Gasteiger partial charge in [0.25, 0.3) is 0 Å². The van der Waals surface area contributed by atoms with Gasteiger partial charge < -0.3 is 19.9 Å². The third-order valence-electron chi connectivity index (χ3n) is 7.49. The van der Waals surface area contributed by atoms with Crippen LogP contribution in [0, 0.1) is 5.92 Å². The first-order chi connectivity index (χ1) is 17.5. The Kier molecular flexibility index (Phi) is 6.00. The van der Waals surface area contributed by atoms with Gasteiger partial charge in [-0.3, -0.25) is 9.89 Å². The van der Waals surface area contributed by atoms with Crippen LogP contribution in [0.2, 0.25) is 0 Å². The SMILES string of the molecule is CCOc1cc2[nH]ncc2cc1Nc1ncnc2sc3c(c12)CCC(C(=O)N1CCC(N(C)C)C1)C3. The topological polar surface area (TPSA) is 99.3 Å². The second-order valence-electron chi connectivity index (χ2n) is 9.90. The number of likely N-dealkylation sites (N-methyl/N-ethyl adjacent to an activating group) is 1. The van der Waals surface area contributed by atoms with Crippen LogP contribution in [0.4, 0.5) is 11.5 Å². The lowest BCUT2D eigenvalue weighted by atomic mass is 9.87. The maximum atomic E-state index is 13.3. The average molecular weight is 506 g/mol. The number of carbonyl (C=O) groups excluding carboxylic acids is 1. The summed E-state index contributed by atoms with van der Waals surface area (Å²) in [5.74, 6) is 1.88. The van der Waals surface area contributed by atoms with Crippen molar-refractivity contribution in [2.45, 2.75) is 38.6 Å². The van der Waals surface area contributed by atoms with Gasteiger partial charge in [-0.2, -0.15) is 5.10 Å². The number of aromatic nitrogens is 4. The van der Waals surface area contributed by atoms with E-state index in [0.29, 0.717) is 18.6 Å². The molecule has 10 heteroatoms. The molecule has 1 saturated heterocycles. The molecule has 4 aromatic rings. The standard InChI is InChI=1S/C26H31N7O2S/c1-4-35-21-11-19-16(12-29-31-19)9-20(21)30-24-23-18-6-5-15(10-22(18)36-25(23)28-14-27-24)26(34)33-8-7-17(13-33)32(2)3/h9,11-12,14-15,17H,4-8,10,13H2,1-3H3,(H,29,31)(H,27,28,30). The molecule has 3 aromatic heterocycles. The summed E-state index contributed by atoms with van der Waals surface area (Å²) in [5.41, 5.74) is 3.05. The van der Waals surface area contributed by atoms with Gasteiger partial charge in [0, 0.05) is 41.4 Å². The number of hydrogen-bond donors (Lipinski definition) is 2. The molecule has 9 nitrogen and oxygen atoms in total. The van der Waals surface area contributed by atoms with Crippen LogP contribution in [-0.4, -0.2) is 75.7 Å². The molecule has 2 atom stereocenters. The summed E-state index contributed by atoms with van der Waals surface area (Å²) in [7, 11) is 4.19. The van der Waals surface area contributed by atoms with E-state index in [4.69, 9.17) is 4.74 Å². The van der Waals surface area contributed by atoms with Crippen molar-refractivity contribution in [1.29, 1.82) is 0 Å². The van der Waals surface area contributed by atoms with Crippen LogP contribution in [0.15, 0.2) is 24.7 Å².